The van der Waals surface area contributed by atoms with Crippen LogP contribution in [0.4, 0.5) is 5.69 Å². The smallest absolute Gasteiger partial charge is 0.271 e. The van der Waals surface area contributed by atoms with Crippen LogP contribution in [0, 0.1) is 27.4 Å². The standard InChI is InChI=1S/C13H12BrN3O3/c14-11-4-10(5-12(6-11)17(19)20)13(18)16-3-1-2-9(7-15)8-16/h4-6,9H,1-3,8H2. The molecule has 20 heavy (non-hydrogen) atoms. The van der Waals surface area contributed by atoms with Crippen LogP contribution >= 0.6 is 15.9 Å². The van der Waals surface area contributed by atoms with Gasteiger partial charge in [-0.15, -0.1) is 0 Å². The summed E-state index contributed by atoms with van der Waals surface area (Å²) < 4.78 is 0.490. The Morgan fingerprint density at radius 2 is 2.25 bits per heavy atom. The van der Waals surface area contributed by atoms with Crippen LogP contribution in [0.25, 0.3) is 0 Å². The molecule has 1 unspecified atom stereocenters. The monoisotopic (exact) mass is 337 g/mol. The highest BCUT2D eigenvalue weighted by Crippen LogP contribution is 2.24. The number of amides is 1. The number of halogens is 1. The highest BCUT2D eigenvalue weighted by atomic mass is 79.9. The van der Waals surface area contributed by atoms with Crippen LogP contribution in [-0.4, -0.2) is 28.8 Å². The van der Waals surface area contributed by atoms with Gasteiger partial charge in [0.25, 0.3) is 11.6 Å². The number of nitro benzene ring substituents is 1. The lowest BCUT2D eigenvalue weighted by molar-refractivity contribution is -0.385. The highest BCUT2D eigenvalue weighted by Gasteiger charge is 2.25. The van der Waals surface area contributed by atoms with Gasteiger partial charge in [0.15, 0.2) is 0 Å². The van der Waals surface area contributed by atoms with Gasteiger partial charge < -0.3 is 4.90 Å². The first-order valence-corrected chi connectivity index (χ1v) is 6.94. The van der Waals surface area contributed by atoms with Crippen LogP contribution in [0.15, 0.2) is 22.7 Å². The maximum Gasteiger partial charge on any atom is 0.271 e. The normalized spacial score (nSPS) is 18.4. The molecule has 1 aliphatic heterocycles. The van der Waals surface area contributed by atoms with Crippen molar-refractivity contribution in [2.45, 2.75) is 12.8 Å². The number of nitro groups is 1. The Bertz CT molecular complexity index is 597. The number of hydrogen-bond acceptors (Lipinski definition) is 4. The zero-order chi connectivity index (χ0) is 14.7. The van der Waals surface area contributed by atoms with Crippen LogP contribution in [0.2, 0.25) is 0 Å². The minimum atomic E-state index is -0.532. The third kappa shape index (κ3) is 3.14. The van der Waals surface area contributed by atoms with Crippen molar-refractivity contribution in [3.05, 3.63) is 38.3 Å². The molecule has 0 aliphatic carbocycles. The van der Waals surface area contributed by atoms with Gasteiger partial charge in [-0.25, -0.2) is 0 Å². The lowest BCUT2D eigenvalue weighted by atomic mass is 9.99. The van der Waals surface area contributed by atoms with E-state index in [1.807, 2.05) is 0 Å². The van der Waals surface area contributed by atoms with Gasteiger partial charge >= 0.3 is 0 Å². The van der Waals surface area contributed by atoms with Gasteiger partial charge in [-0.1, -0.05) is 15.9 Å². The van der Waals surface area contributed by atoms with E-state index in [9.17, 15) is 14.9 Å². The van der Waals surface area contributed by atoms with Crippen molar-refractivity contribution in [2.75, 3.05) is 13.1 Å². The van der Waals surface area contributed by atoms with E-state index in [4.69, 9.17) is 5.26 Å². The Labute approximate surface area is 124 Å². The number of likely N-dealkylation sites (tertiary alicyclic amines) is 1. The van der Waals surface area contributed by atoms with Gasteiger partial charge in [0.05, 0.1) is 16.9 Å². The highest BCUT2D eigenvalue weighted by molar-refractivity contribution is 9.10. The summed E-state index contributed by atoms with van der Waals surface area (Å²) >= 11 is 3.17. The second-order valence-corrected chi connectivity index (χ2v) is 5.59. The SMILES string of the molecule is N#CC1CCCN(C(=O)c2cc(Br)cc([N+](=O)[O-])c2)C1. The number of nitriles is 1. The summed E-state index contributed by atoms with van der Waals surface area (Å²) in [5, 5.41) is 19.8. The molecule has 1 aromatic carbocycles. The van der Waals surface area contributed by atoms with Crippen molar-refractivity contribution >= 4 is 27.5 Å². The van der Waals surface area contributed by atoms with Crippen LogP contribution < -0.4 is 0 Å². The summed E-state index contributed by atoms with van der Waals surface area (Å²) in [7, 11) is 0. The maximum absolute atomic E-state index is 12.4. The molecule has 0 aromatic heterocycles. The third-order valence-corrected chi connectivity index (χ3v) is 3.69. The van der Waals surface area contributed by atoms with Crippen LogP contribution in [-0.2, 0) is 0 Å². The van der Waals surface area contributed by atoms with Gasteiger partial charge in [0, 0.05) is 35.3 Å². The topological polar surface area (TPSA) is 87.2 Å². The molecule has 0 N–H and O–H groups in total. The molecular weight excluding hydrogens is 326 g/mol. The predicted molar refractivity (Wildman–Crippen MR) is 75.0 cm³/mol. The summed E-state index contributed by atoms with van der Waals surface area (Å²) in [6.07, 6.45) is 1.57. The van der Waals surface area contributed by atoms with E-state index in [2.05, 4.69) is 22.0 Å². The molecule has 1 heterocycles. The van der Waals surface area contributed by atoms with Crippen molar-refractivity contribution in [3.8, 4) is 6.07 Å². The molecule has 7 heteroatoms. The molecule has 1 aromatic rings. The average Bonchev–Trinajstić information content (AvgIpc) is 2.45. The summed E-state index contributed by atoms with van der Waals surface area (Å²) in [6.45, 7) is 0.965. The molecule has 1 aliphatic rings. The van der Waals surface area contributed by atoms with Crippen LogP contribution in [0.3, 0.4) is 0 Å². The number of non-ortho nitro benzene ring substituents is 1. The number of carbonyl (C=O) groups is 1. The second kappa shape index (κ2) is 6.01. The fraction of sp³-hybridized carbons (Fsp3) is 0.385. The summed E-state index contributed by atoms with van der Waals surface area (Å²) in [6, 6.07) is 6.35. The Balaban J connectivity index is 2.25. The molecule has 6 nitrogen and oxygen atoms in total. The Kier molecular flexibility index (Phi) is 4.35. The molecule has 1 amide bonds. The molecule has 2 rings (SSSR count). The minimum absolute atomic E-state index is 0.128. The zero-order valence-electron chi connectivity index (χ0n) is 10.6. The fourth-order valence-corrected chi connectivity index (χ4v) is 2.73. The molecule has 1 saturated heterocycles. The molecular formula is C13H12BrN3O3. The summed E-state index contributed by atoms with van der Waals surface area (Å²) in [5.74, 6) is -0.427. The number of rotatable bonds is 2. The van der Waals surface area contributed by atoms with Gasteiger partial charge in [-0.05, 0) is 18.9 Å². The van der Waals surface area contributed by atoms with E-state index in [1.165, 1.54) is 12.1 Å². The largest absolute Gasteiger partial charge is 0.337 e. The minimum Gasteiger partial charge on any atom is -0.337 e. The van der Waals surface area contributed by atoms with Crippen molar-refractivity contribution in [3.63, 3.8) is 0 Å². The van der Waals surface area contributed by atoms with Crippen molar-refractivity contribution < 1.29 is 9.72 Å². The van der Waals surface area contributed by atoms with Gasteiger partial charge in [-0.3, -0.25) is 14.9 Å². The molecule has 1 fully saturated rings. The number of benzene rings is 1. The first-order chi connectivity index (χ1) is 9.51. The second-order valence-electron chi connectivity index (χ2n) is 4.67. The number of hydrogen-bond donors (Lipinski definition) is 0. The van der Waals surface area contributed by atoms with Gasteiger partial charge in [0.1, 0.15) is 0 Å². The number of carbonyl (C=O) groups excluding carboxylic acids is 1. The van der Waals surface area contributed by atoms with E-state index in [0.717, 1.165) is 12.8 Å². The summed E-state index contributed by atoms with van der Waals surface area (Å²) in [5.41, 5.74) is 0.140. The summed E-state index contributed by atoms with van der Waals surface area (Å²) in [4.78, 5) is 24.2. The van der Waals surface area contributed by atoms with E-state index >= 15 is 0 Å². The first kappa shape index (κ1) is 14.5. The molecule has 1 atom stereocenters. The van der Waals surface area contributed by atoms with E-state index in [0.29, 0.717) is 17.6 Å². The van der Waals surface area contributed by atoms with E-state index < -0.39 is 4.92 Å². The van der Waals surface area contributed by atoms with Gasteiger partial charge in [-0.2, -0.15) is 5.26 Å². The molecule has 0 spiro atoms. The Morgan fingerprint density at radius 3 is 2.90 bits per heavy atom. The number of nitrogens with zero attached hydrogens (tertiary/aromatic N) is 3. The zero-order valence-corrected chi connectivity index (χ0v) is 12.2. The molecule has 104 valence electrons. The first-order valence-electron chi connectivity index (χ1n) is 6.15. The lowest BCUT2D eigenvalue weighted by Gasteiger charge is -2.29. The van der Waals surface area contributed by atoms with Crippen LogP contribution in [0.1, 0.15) is 23.2 Å². The quantitative estimate of drug-likeness (QED) is 0.613. The predicted octanol–water partition coefficient (Wildman–Crippen LogP) is 2.73. The van der Waals surface area contributed by atoms with Crippen molar-refractivity contribution in [2.24, 2.45) is 5.92 Å². The fourth-order valence-electron chi connectivity index (χ4n) is 2.25. The average molecular weight is 338 g/mol. The molecule has 0 bridgehead atoms. The number of piperidine rings is 1. The maximum atomic E-state index is 12.4. The molecule has 0 radical (unpaired) electrons. The third-order valence-electron chi connectivity index (χ3n) is 3.23. The lowest BCUT2D eigenvalue weighted by Crippen LogP contribution is -2.39. The Hall–Kier alpha value is -1.94. The molecule has 0 saturated carbocycles. The van der Waals surface area contributed by atoms with Crippen LogP contribution in [0.5, 0.6) is 0 Å². The van der Waals surface area contributed by atoms with Crippen molar-refractivity contribution in [1.29, 1.82) is 5.26 Å². The van der Waals surface area contributed by atoms with E-state index in [1.54, 1.807) is 11.0 Å². The van der Waals surface area contributed by atoms with Gasteiger partial charge in [0.2, 0.25) is 0 Å². The van der Waals surface area contributed by atoms with Crippen molar-refractivity contribution in [1.82, 2.24) is 4.90 Å². The van der Waals surface area contributed by atoms with E-state index in [-0.39, 0.29) is 23.1 Å². The Morgan fingerprint density at radius 1 is 1.50 bits per heavy atom.